The highest BCUT2D eigenvalue weighted by Crippen LogP contribution is 2.14. The number of unbranched alkanes of at least 4 members (excludes halogenated alkanes) is 15. The average Bonchev–Trinajstić information content (AvgIpc) is 2.61. The number of ketones is 1. The molecule has 0 bridgehead atoms. The summed E-state index contributed by atoms with van der Waals surface area (Å²) in [6.07, 6.45) is 23.1. The Bertz CT molecular complexity index is 325. The number of hydrogen-bond acceptors (Lipinski definition) is 2. The number of carbonyl (C=O) groups excluding carboxylic acids is 1. The molecule has 0 fully saturated rings. The number of carboxylic acids is 1. The molecule has 0 saturated heterocycles. The summed E-state index contributed by atoms with van der Waals surface area (Å²) < 4.78 is 0. The van der Waals surface area contributed by atoms with Crippen LogP contribution in [-0.2, 0) is 9.59 Å². The van der Waals surface area contributed by atoms with Crippen LogP contribution in [0.15, 0.2) is 0 Å². The Hall–Kier alpha value is -0.860. The predicted octanol–water partition coefficient (Wildman–Crippen LogP) is 7.46. The van der Waals surface area contributed by atoms with E-state index in [0.717, 1.165) is 12.8 Å². The summed E-state index contributed by atoms with van der Waals surface area (Å²) in [5.74, 6) is -0.572. The Kier molecular flexibility index (Phi) is 19.8. The van der Waals surface area contributed by atoms with Gasteiger partial charge < -0.3 is 5.11 Å². The SMILES string of the molecule is CCCCCCCCCCCCCCCCCCC(=O)CCCC(=O)O. The van der Waals surface area contributed by atoms with Crippen LogP contribution in [-0.4, -0.2) is 16.9 Å². The van der Waals surface area contributed by atoms with E-state index >= 15 is 0 Å². The zero-order valence-electron chi connectivity index (χ0n) is 17.4. The van der Waals surface area contributed by atoms with Crippen LogP contribution in [0.25, 0.3) is 0 Å². The monoisotopic (exact) mass is 368 g/mol. The fraction of sp³-hybridized carbons (Fsp3) is 0.913. The van der Waals surface area contributed by atoms with Crippen molar-refractivity contribution in [1.82, 2.24) is 0 Å². The quantitative estimate of drug-likeness (QED) is 0.214. The molecule has 0 aliphatic carbocycles. The molecular formula is C23H44O3. The highest BCUT2D eigenvalue weighted by Gasteiger charge is 2.04. The molecule has 0 saturated carbocycles. The van der Waals surface area contributed by atoms with Gasteiger partial charge in [0.1, 0.15) is 5.78 Å². The van der Waals surface area contributed by atoms with Gasteiger partial charge in [-0.2, -0.15) is 0 Å². The van der Waals surface area contributed by atoms with Gasteiger partial charge in [-0.05, 0) is 12.8 Å². The van der Waals surface area contributed by atoms with Gasteiger partial charge in [0.15, 0.2) is 0 Å². The van der Waals surface area contributed by atoms with E-state index in [1.807, 2.05) is 0 Å². The Morgan fingerprint density at radius 3 is 1.23 bits per heavy atom. The summed E-state index contributed by atoms with van der Waals surface area (Å²) in [5.41, 5.74) is 0. The van der Waals surface area contributed by atoms with E-state index in [-0.39, 0.29) is 12.2 Å². The smallest absolute Gasteiger partial charge is 0.303 e. The molecule has 0 aliphatic heterocycles. The van der Waals surface area contributed by atoms with E-state index in [0.29, 0.717) is 19.3 Å². The Labute approximate surface area is 162 Å². The van der Waals surface area contributed by atoms with E-state index in [1.54, 1.807) is 0 Å². The lowest BCUT2D eigenvalue weighted by Gasteiger charge is -2.03. The molecule has 0 heterocycles. The predicted molar refractivity (Wildman–Crippen MR) is 111 cm³/mol. The van der Waals surface area contributed by atoms with Gasteiger partial charge in [0.05, 0.1) is 0 Å². The largest absolute Gasteiger partial charge is 0.481 e. The molecule has 0 aromatic rings. The van der Waals surface area contributed by atoms with E-state index in [2.05, 4.69) is 6.92 Å². The highest BCUT2D eigenvalue weighted by atomic mass is 16.4. The summed E-state index contributed by atoms with van der Waals surface area (Å²) in [6.45, 7) is 2.27. The summed E-state index contributed by atoms with van der Waals surface area (Å²) in [5, 5.41) is 8.54. The van der Waals surface area contributed by atoms with Crippen molar-refractivity contribution in [2.45, 2.75) is 135 Å². The topological polar surface area (TPSA) is 54.4 Å². The number of rotatable bonds is 21. The second kappa shape index (κ2) is 20.5. The van der Waals surface area contributed by atoms with Gasteiger partial charge in [-0.3, -0.25) is 9.59 Å². The van der Waals surface area contributed by atoms with Gasteiger partial charge in [-0.25, -0.2) is 0 Å². The summed E-state index contributed by atoms with van der Waals surface area (Å²) in [7, 11) is 0. The summed E-state index contributed by atoms with van der Waals surface area (Å²) >= 11 is 0. The standard InChI is InChI=1S/C23H44O3/c1-2-3-4-5-6-7-8-9-10-11-12-13-14-15-16-17-19-22(24)20-18-21-23(25)26/h2-21H2,1H3,(H,25,26). The maximum absolute atomic E-state index is 11.6. The third-order valence-corrected chi connectivity index (χ3v) is 5.16. The maximum atomic E-state index is 11.6. The molecule has 0 rings (SSSR count). The maximum Gasteiger partial charge on any atom is 0.303 e. The molecule has 0 aromatic carbocycles. The number of aliphatic carboxylic acids is 1. The second-order valence-corrected chi connectivity index (χ2v) is 7.84. The van der Waals surface area contributed by atoms with Crippen molar-refractivity contribution in [3.8, 4) is 0 Å². The minimum Gasteiger partial charge on any atom is -0.481 e. The molecule has 0 aromatic heterocycles. The Morgan fingerprint density at radius 2 is 0.846 bits per heavy atom. The summed E-state index contributed by atoms with van der Waals surface area (Å²) in [4.78, 5) is 22.0. The van der Waals surface area contributed by atoms with Gasteiger partial charge in [-0.15, -0.1) is 0 Å². The molecule has 0 spiro atoms. The first-order valence-electron chi connectivity index (χ1n) is 11.4. The molecule has 26 heavy (non-hydrogen) atoms. The van der Waals surface area contributed by atoms with Gasteiger partial charge in [0.2, 0.25) is 0 Å². The normalized spacial score (nSPS) is 11.0. The third-order valence-electron chi connectivity index (χ3n) is 5.16. The van der Waals surface area contributed by atoms with Crippen molar-refractivity contribution in [2.75, 3.05) is 0 Å². The molecule has 0 amide bonds. The van der Waals surface area contributed by atoms with Crippen molar-refractivity contribution >= 4 is 11.8 Å². The Balaban J connectivity index is 3.11. The third kappa shape index (κ3) is 21.2. The van der Waals surface area contributed by atoms with Gasteiger partial charge in [-0.1, -0.05) is 103 Å². The molecular weight excluding hydrogens is 324 g/mol. The number of carbonyl (C=O) groups is 2. The van der Waals surface area contributed by atoms with Gasteiger partial charge >= 0.3 is 5.97 Å². The first kappa shape index (κ1) is 25.1. The molecule has 1 N–H and O–H groups in total. The first-order chi connectivity index (χ1) is 12.7. The highest BCUT2D eigenvalue weighted by molar-refractivity contribution is 5.78. The molecule has 3 nitrogen and oxygen atoms in total. The lowest BCUT2D eigenvalue weighted by molar-refractivity contribution is -0.137. The van der Waals surface area contributed by atoms with E-state index in [9.17, 15) is 9.59 Å². The second-order valence-electron chi connectivity index (χ2n) is 7.84. The lowest BCUT2D eigenvalue weighted by Crippen LogP contribution is -2.00. The zero-order chi connectivity index (χ0) is 19.3. The van der Waals surface area contributed by atoms with Crippen LogP contribution < -0.4 is 0 Å². The van der Waals surface area contributed by atoms with Crippen molar-refractivity contribution in [3.05, 3.63) is 0 Å². The van der Waals surface area contributed by atoms with E-state index in [1.165, 1.54) is 89.9 Å². The van der Waals surface area contributed by atoms with Crippen LogP contribution in [0.4, 0.5) is 0 Å². The molecule has 0 radical (unpaired) electrons. The number of hydrogen-bond donors (Lipinski definition) is 1. The molecule has 3 heteroatoms. The van der Waals surface area contributed by atoms with E-state index < -0.39 is 5.97 Å². The molecule has 154 valence electrons. The van der Waals surface area contributed by atoms with Crippen LogP contribution in [0.2, 0.25) is 0 Å². The molecule has 0 atom stereocenters. The molecule has 0 unspecified atom stereocenters. The zero-order valence-corrected chi connectivity index (χ0v) is 17.4. The minimum atomic E-state index is -0.805. The van der Waals surface area contributed by atoms with Crippen molar-refractivity contribution in [2.24, 2.45) is 0 Å². The van der Waals surface area contributed by atoms with Crippen LogP contribution >= 0.6 is 0 Å². The lowest BCUT2D eigenvalue weighted by atomic mass is 10.0. The van der Waals surface area contributed by atoms with Gasteiger partial charge in [0.25, 0.3) is 0 Å². The van der Waals surface area contributed by atoms with Crippen LogP contribution in [0.5, 0.6) is 0 Å². The van der Waals surface area contributed by atoms with Crippen LogP contribution in [0.3, 0.4) is 0 Å². The van der Waals surface area contributed by atoms with Gasteiger partial charge in [0, 0.05) is 19.3 Å². The van der Waals surface area contributed by atoms with Crippen molar-refractivity contribution in [1.29, 1.82) is 0 Å². The Morgan fingerprint density at radius 1 is 0.500 bits per heavy atom. The van der Waals surface area contributed by atoms with E-state index in [4.69, 9.17) is 5.11 Å². The van der Waals surface area contributed by atoms with Crippen molar-refractivity contribution < 1.29 is 14.7 Å². The number of carboxylic acid groups (broad SMARTS) is 1. The fourth-order valence-corrected chi connectivity index (χ4v) is 3.43. The van der Waals surface area contributed by atoms with Crippen LogP contribution in [0, 0.1) is 0 Å². The number of Topliss-reactive ketones (excluding diaryl/α,β-unsaturated/α-hetero) is 1. The fourth-order valence-electron chi connectivity index (χ4n) is 3.43. The average molecular weight is 369 g/mol. The van der Waals surface area contributed by atoms with Crippen molar-refractivity contribution in [3.63, 3.8) is 0 Å². The molecule has 0 aliphatic rings. The minimum absolute atomic E-state index is 0.116. The summed E-state index contributed by atoms with van der Waals surface area (Å²) in [6, 6.07) is 0. The van der Waals surface area contributed by atoms with Crippen LogP contribution in [0.1, 0.15) is 135 Å². The first-order valence-corrected chi connectivity index (χ1v) is 11.4.